The van der Waals surface area contributed by atoms with Crippen molar-refractivity contribution in [3.05, 3.63) is 76.2 Å². The molecule has 6 nitrogen and oxygen atoms in total. The number of aromatic nitrogens is 3. The van der Waals surface area contributed by atoms with Gasteiger partial charge in [-0.2, -0.15) is 0 Å². The highest BCUT2D eigenvalue weighted by Crippen LogP contribution is 2.36. The fraction of sp³-hybridized carbons (Fsp3) is 0.250. The lowest BCUT2D eigenvalue weighted by Gasteiger charge is -2.06. The van der Waals surface area contributed by atoms with E-state index in [1.165, 1.54) is 4.68 Å². The topological polar surface area (TPSA) is 68.9 Å². The van der Waals surface area contributed by atoms with E-state index in [1.54, 1.807) is 4.57 Å². The molecule has 144 valence electrons. The third-order valence-electron chi connectivity index (χ3n) is 4.60. The Labute approximate surface area is 159 Å². The summed E-state index contributed by atoms with van der Waals surface area (Å²) in [4.78, 5) is 24.8. The van der Waals surface area contributed by atoms with Crippen molar-refractivity contribution in [1.29, 1.82) is 0 Å². The smallest absolute Gasteiger partial charge is 0.346 e. The van der Waals surface area contributed by atoms with E-state index in [0.717, 1.165) is 30.5 Å². The van der Waals surface area contributed by atoms with Crippen molar-refractivity contribution in [1.82, 2.24) is 19.7 Å². The first-order valence-corrected chi connectivity index (χ1v) is 9.02. The van der Waals surface area contributed by atoms with Crippen LogP contribution in [0.3, 0.4) is 0 Å². The van der Waals surface area contributed by atoms with Crippen LogP contribution >= 0.6 is 0 Å². The third-order valence-corrected chi connectivity index (χ3v) is 4.60. The first-order valence-electron chi connectivity index (χ1n) is 9.02. The van der Waals surface area contributed by atoms with Crippen LogP contribution in [0.4, 0.5) is 8.78 Å². The van der Waals surface area contributed by atoms with Gasteiger partial charge in [-0.05, 0) is 25.0 Å². The summed E-state index contributed by atoms with van der Waals surface area (Å²) in [5.41, 5.74) is 0.369. The molecule has 4 rings (SSSR count). The van der Waals surface area contributed by atoms with Crippen LogP contribution in [0.2, 0.25) is 0 Å². The molecule has 0 bridgehead atoms. The summed E-state index contributed by atoms with van der Waals surface area (Å²) < 4.78 is 29.6. The van der Waals surface area contributed by atoms with Crippen molar-refractivity contribution < 1.29 is 13.6 Å². The number of carbonyl (C=O) groups excluding carboxylic acids is 1. The van der Waals surface area contributed by atoms with Crippen LogP contribution in [0.15, 0.2) is 53.3 Å². The zero-order valence-corrected chi connectivity index (χ0v) is 14.9. The minimum Gasteiger partial charge on any atom is -0.350 e. The number of hydrogen-bond acceptors (Lipinski definition) is 3. The van der Waals surface area contributed by atoms with Gasteiger partial charge in [0, 0.05) is 24.2 Å². The standard InChI is InChI=1S/C20H18F2N4O2/c21-14-6-9-16(17(22)12-14)19(27)23-10-11-25-20(28)26(15-7-8-15)18(24-25)13-4-2-1-3-5-13/h1-6,9,12,15H,7-8,10-11H2,(H,23,27). The largest absolute Gasteiger partial charge is 0.350 e. The van der Waals surface area contributed by atoms with Gasteiger partial charge in [0.15, 0.2) is 5.82 Å². The third kappa shape index (κ3) is 3.58. The molecule has 1 N–H and O–H groups in total. The molecule has 0 radical (unpaired) electrons. The quantitative estimate of drug-likeness (QED) is 0.711. The Bertz CT molecular complexity index is 1070. The molecule has 1 heterocycles. The van der Waals surface area contributed by atoms with E-state index in [9.17, 15) is 18.4 Å². The molecular weight excluding hydrogens is 366 g/mol. The molecule has 1 amide bonds. The summed E-state index contributed by atoms with van der Waals surface area (Å²) in [6, 6.07) is 12.4. The van der Waals surface area contributed by atoms with Gasteiger partial charge in [-0.1, -0.05) is 30.3 Å². The Morgan fingerprint density at radius 2 is 1.89 bits per heavy atom. The zero-order valence-electron chi connectivity index (χ0n) is 14.9. The van der Waals surface area contributed by atoms with Gasteiger partial charge in [-0.25, -0.2) is 18.3 Å². The first-order chi connectivity index (χ1) is 13.5. The van der Waals surface area contributed by atoms with Crippen LogP contribution in [-0.2, 0) is 6.54 Å². The van der Waals surface area contributed by atoms with Crippen molar-refractivity contribution in [3.63, 3.8) is 0 Å². The number of hydrogen-bond donors (Lipinski definition) is 1. The van der Waals surface area contributed by atoms with Gasteiger partial charge in [0.05, 0.1) is 12.1 Å². The first kappa shape index (κ1) is 18.1. The van der Waals surface area contributed by atoms with Crippen LogP contribution < -0.4 is 11.0 Å². The molecule has 1 fully saturated rings. The molecule has 1 aliphatic rings. The summed E-state index contributed by atoms with van der Waals surface area (Å²) in [6.07, 6.45) is 1.87. The Balaban J connectivity index is 1.50. The maximum absolute atomic E-state index is 13.7. The lowest BCUT2D eigenvalue weighted by atomic mass is 10.2. The molecule has 0 spiro atoms. The Kier molecular flexibility index (Phi) is 4.77. The Morgan fingerprint density at radius 3 is 2.57 bits per heavy atom. The second kappa shape index (κ2) is 7.38. The van der Waals surface area contributed by atoms with Gasteiger partial charge >= 0.3 is 5.69 Å². The minimum absolute atomic E-state index is 0.0888. The lowest BCUT2D eigenvalue weighted by Crippen LogP contribution is -2.32. The average Bonchev–Trinajstić information content (AvgIpc) is 3.46. The molecule has 0 saturated heterocycles. The summed E-state index contributed by atoms with van der Waals surface area (Å²) in [5, 5.41) is 6.97. The monoisotopic (exact) mass is 384 g/mol. The molecule has 2 aromatic carbocycles. The summed E-state index contributed by atoms with van der Waals surface area (Å²) in [7, 11) is 0. The van der Waals surface area contributed by atoms with Crippen molar-refractivity contribution in [2.75, 3.05) is 6.54 Å². The number of benzene rings is 2. The van der Waals surface area contributed by atoms with Gasteiger partial charge in [-0.3, -0.25) is 9.36 Å². The summed E-state index contributed by atoms with van der Waals surface area (Å²) in [5.74, 6) is -1.75. The molecular formula is C20H18F2N4O2. The van der Waals surface area contributed by atoms with E-state index >= 15 is 0 Å². The predicted molar refractivity (Wildman–Crippen MR) is 98.9 cm³/mol. The van der Waals surface area contributed by atoms with Crippen molar-refractivity contribution in [2.45, 2.75) is 25.4 Å². The minimum atomic E-state index is -0.931. The zero-order chi connectivity index (χ0) is 19.7. The molecule has 1 aliphatic carbocycles. The van der Waals surface area contributed by atoms with E-state index in [1.807, 2.05) is 30.3 Å². The SMILES string of the molecule is O=C(NCCn1nc(-c2ccccc2)n(C2CC2)c1=O)c1ccc(F)cc1F. The van der Waals surface area contributed by atoms with E-state index < -0.39 is 17.5 Å². The van der Waals surface area contributed by atoms with Gasteiger partial charge in [0.2, 0.25) is 0 Å². The second-order valence-corrected chi connectivity index (χ2v) is 6.68. The van der Waals surface area contributed by atoms with Crippen LogP contribution in [0, 0.1) is 11.6 Å². The van der Waals surface area contributed by atoms with Crippen LogP contribution in [0.5, 0.6) is 0 Å². The molecule has 28 heavy (non-hydrogen) atoms. The van der Waals surface area contributed by atoms with Crippen LogP contribution in [-0.4, -0.2) is 26.8 Å². The highest BCUT2D eigenvalue weighted by Gasteiger charge is 2.30. The summed E-state index contributed by atoms with van der Waals surface area (Å²) in [6.45, 7) is 0.235. The maximum atomic E-state index is 13.7. The predicted octanol–water partition coefficient (Wildman–Crippen LogP) is 2.75. The molecule has 8 heteroatoms. The maximum Gasteiger partial charge on any atom is 0.346 e. The highest BCUT2D eigenvalue weighted by atomic mass is 19.1. The van der Waals surface area contributed by atoms with Crippen molar-refractivity contribution in [3.8, 4) is 11.4 Å². The second-order valence-electron chi connectivity index (χ2n) is 6.68. The molecule has 3 aromatic rings. The number of halogens is 2. The van der Waals surface area contributed by atoms with Gasteiger partial charge in [0.1, 0.15) is 11.6 Å². The molecule has 0 unspecified atom stereocenters. The van der Waals surface area contributed by atoms with E-state index in [4.69, 9.17) is 0 Å². The Morgan fingerprint density at radius 1 is 1.14 bits per heavy atom. The summed E-state index contributed by atoms with van der Waals surface area (Å²) >= 11 is 0. The van der Waals surface area contributed by atoms with E-state index in [-0.39, 0.29) is 30.4 Å². The van der Waals surface area contributed by atoms with Crippen molar-refractivity contribution in [2.24, 2.45) is 0 Å². The number of rotatable bonds is 6. The normalized spacial score (nSPS) is 13.5. The van der Waals surface area contributed by atoms with Gasteiger partial charge < -0.3 is 5.32 Å². The molecule has 0 atom stereocenters. The van der Waals surface area contributed by atoms with Crippen LogP contribution in [0.25, 0.3) is 11.4 Å². The van der Waals surface area contributed by atoms with Gasteiger partial charge in [0.25, 0.3) is 5.91 Å². The fourth-order valence-corrected chi connectivity index (χ4v) is 3.06. The van der Waals surface area contributed by atoms with E-state index in [0.29, 0.717) is 11.9 Å². The average molecular weight is 384 g/mol. The molecule has 0 aliphatic heterocycles. The van der Waals surface area contributed by atoms with Crippen molar-refractivity contribution >= 4 is 5.91 Å². The van der Waals surface area contributed by atoms with Crippen LogP contribution in [0.1, 0.15) is 29.2 Å². The Hall–Kier alpha value is -3.29. The number of amides is 1. The number of nitrogens with one attached hydrogen (secondary N) is 1. The highest BCUT2D eigenvalue weighted by molar-refractivity contribution is 5.94. The fourth-order valence-electron chi connectivity index (χ4n) is 3.06. The molecule has 1 saturated carbocycles. The van der Waals surface area contributed by atoms with E-state index in [2.05, 4.69) is 10.4 Å². The number of carbonyl (C=O) groups is 1. The lowest BCUT2D eigenvalue weighted by molar-refractivity contribution is 0.0947. The molecule has 1 aromatic heterocycles. The van der Waals surface area contributed by atoms with Gasteiger partial charge in [-0.15, -0.1) is 5.10 Å². The number of nitrogens with zero attached hydrogens (tertiary/aromatic N) is 3.